The summed E-state index contributed by atoms with van der Waals surface area (Å²) in [6.45, 7) is 1.51. The summed E-state index contributed by atoms with van der Waals surface area (Å²) in [7, 11) is 1.44. The number of aromatic nitrogens is 1. The average Bonchev–Trinajstić information content (AvgIpc) is 3.18. The monoisotopic (exact) mass is 306 g/mol. The third-order valence-corrected chi connectivity index (χ3v) is 4.66. The van der Waals surface area contributed by atoms with E-state index < -0.39 is 0 Å². The van der Waals surface area contributed by atoms with Crippen LogP contribution in [0.3, 0.4) is 0 Å². The Hall–Kier alpha value is -1.66. The predicted octanol–water partition coefficient (Wildman–Crippen LogP) is 2.93. The highest BCUT2D eigenvalue weighted by Crippen LogP contribution is 2.26. The number of carbonyl (C=O) groups excluding carboxylic acids is 1. The van der Waals surface area contributed by atoms with E-state index in [4.69, 9.17) is 9.26 Å². The van der Waals surface area contributed by atoms with E-state index in [0.717, 1.165) is 42.1 Å². The molecular weight excluding hydrogens is 288 g/mol. The smallest absolute Gasteiger partial charge is 0.323 e. The summed E-state index contributed by atoms with van der Waals surface area (Å²) in [5, 5.41) is 6.13. The lowest BCUT2D eigenvalue weighted by atomic mass is 10.0. The third kappa shape index (κ3) is 3.16. The number of thiophene rings is 1. The summed E-state index contributed by atoms with van der Waals surface area (Å²) < 4.78 is 10.3. The van der Waals surface area contributed by atoms with Gasteiger partial charge in [-0.1, -0.05) is 17.6 Å². The maximum atomic E-state index is 11.9. The maximum Gasteiger partial charge on any atom is 0.323 e. The molecule has 3 rings (SSSR count). The van der Waals surface area contributed by atoms with Gasteiger partial charge in [0.15, 0.2) is 5.76 Å². The van der Waals surface area contributed by atoms with Crippen LogP contribution in [0.4, 0.5) is 0 Å². The molecule has 0 amide bonds. The molecule has 1 saturated heterocycles. The zero-order chi connectivity index (χ0) is 14.7. The second kappa shape index (κ2) is 6.41. The lowest BCUT2D eigenvalue weighted by Crippen LogP contribution is -2.44. The van der Waals surface area contributed by atoms with Gasteiger partial charge in [-0.2, -0.15) is 0 Å². The second-order valence-electron chi connectivity index (χ2n) is 5.17. The number of piperidine rings is 1. The number of hydrogen-bond donors (Lipinski definition) is 0. The first-order valence-electron chi connectivity index (χ1n) is 7.09. The highest BCUT2D eigenvalue weighted by molar-refractivity contribution is 7.13. The van der Waals surface area contributed by atoms with Crippen molar-refractivity contribution in [1.29, 1.82) is 0 Å². The molecule has 0 N–H and O–H groups in total. The first kappa shape index (κ1) is 14.3. The van der Waals surface area contributed by atoms with Crippen LogP contribution in [-0.2, 0) is 16.1 Å². The fourth-order valence-corrected chi connectivity index (χ4v) is 3.39. The first-order valence-corrected chi connectivity index (χ1v) is 7.97. The number of rotatable bonds is 4. The molecule has 1 aliphatic rings. The van der Waals surface area contributed by atoms with Crippen LogP contribution < -0.4 is 0 Å². The summed E-state index contributed by atoms with van der Waals surface area (Å²) in [6, 6.07) is 5.78. The van der Waals surface area contributed by atoms with Crippen LogP contribution >= 0.6 is 11.3 Å². The van der Waals surface area contributed by atoms with E-state index in [1.54, 1.807) is 11.3 Å². The lowest BCUT2D eigenvalue weighted by Gasteiger charge is -2.32. The Morgan fingerprint density at radius 3 is 3.24 bits per heavy atom. The van der Waals surface area contributed by atoms with Gasteiger partial charge in [0, 0.05) is 12.6 Å². The van der Waals surface area contributed by atoms with Crippen molar-refractivity contribution in [3.05, 3.63) is 29.3 Å². The minimum absolute atomic E-state index is 0.156. The van der Waals surface area contributed by atoms with Crippen molar-refractivity contribution in [2.24, 2.45) is 0 Å². The molecule has 1 aliphatic heterocycles. The third-order valence-electron chi connectivity index (χ3n) is 3.77. The van der Waals surface area contributed by atoms with Gasteiger partial charge in [0.05, 0.1) is 17.7 Å². The molecule has 1 atom stereocenters. The van der Waals surface area contributed by atoms with Gasteiger partial charge in [-0.3, -0.25) is 9.69 Å². The minimum atomic E-state index is -0.161. The minimum Gasteiger partial charge on any atom is -0.468 e. The Morgan fingerprint density at radius 2 is 2.48 bits per heavy atom. The summed E-state index contributed by atoms with van der Waals surface area (Å²) in [6.07, 6.45) is 3.01. The largest absolute Gasteiger partial charge is 0.468 e. The van der Waals surface area contributed by atoms with Gasteiger partial charge in [0.1, 0.15) is 6.04 Å². The van der Waals surface area contributed by atoms with E-state index in [9.17, 15) is 4.79 Å². The van der Waals surface area contributed by atoms with E-state index in [1.807, 2.05) is 23.6 Å². The number of nitrogens with zero attached hydrogens (tertiary/aromatic N) is 2. The summed E-state index contributed by atoms with van der Waals surface area (Å²) >= 11 is 1.62. The zero-order valence-electron chi connectivity index (χ0n) is 11.9. The molecule has 21 heavy (non-hydrogen) atoms. The molecule has 0 unspecified atom stereocenters. The van der Waals surface area contributed by atoms with Crippen LogP contribution in [0.5, 0.6) is 0 Å². The quantitative estimate of drug-likeness (QED) is 0.813. The SMILES string of the molecule is COC(=O)[C@H]1CCCCN1Cc1cc(-c2cccs2)on1. The summed E-state index contributed by atoms with van der Waals surface area (Å²) in [5.74, 6) is 0.628. The van der Waals surface area contributed by atoms with Gasteiger partial charge in [-0.05, 0) is 30.8 Å². The average molecular weight is 306 g/mol. The second-order valence-corrected chi connectivity index (χ2v) is 6.11. The topological polar surface area (TPSA) is 55.6 Å². The van der Waals surface area contributed by atoms with Gasteiger partial charge in [-0.25, -0.2) is 0 Å². The molecule has 3 heterocycles. The van der Waals surface area contributed by atoms with Crippen LogP contribution in [-0.4, -0.2) is 35.7 Å². The lowest BCUT2D eigenvalue weighted by molar-refractivity contribution is -0.148. The molecular formula is C15H18N2O3S. The molecule has 0 aromatic carbocycles. The Balaban J connectivity index is 1.71. The molecule has 0 aliphatic carbocycles. The molecule has 112 valence electrons. The number of carbonyl (C=O) groups is 1. The van der Waals surface area contributed by atoms with Crippen molar-refractivity contribution < 1.29 is 14.1 Å². The van der Waals surface area contributed by atoms with Crippen LogP contribution in [0.15, 0.2) is 28.1 Å². The van der Waals surface area contributed by atoms with Gasteiger partial charge in [0.25, 0.3) is 0 Å². The fraction of sp³-hybridized carbons (Fsp3) is 0.467. The molecule has 6 heteroatoms. The van der Waals surface area contributed by atoms with Crippen molar-refractivity contribution in [1.82, 2.24) is 10.1 Å². The molecule has 0 bridgehead atoms. The number of esters is 1. The van der Waals surface area contributed by atoms with E-state index in [2.05, 4.69) is 10.1 Å². The molecule has 1 fully saturated rings. The Labute approximate surface area is 127 Å². The van der Waals surface area contributed by atoms with Gasteiger partial charge in [-0.15, -0.1) is 11.3 Å². The number of methoxy groups -OCH3 is 1. The van der Waals surface area contributed by atoms with Crippen LogP contribution in [0, 0.1) is 0 Å². The fourth-order valence-electron chi connectivity index (χ4n) is 2.71. The molecule has 0 radical (unpaired) electrons. The van der Waals surface area contributed by atoms with Crippen LogP contribution in [0.2, 0.25) is 0 Å². The summed E-state index contributed by atoms with van der Waals surface area (Å²) in [4.78, 5) is 15.1. The van der Waals surface area contributed by atoms with E-state index >= 15 is 0 Å². The van der Waals surface area contributed by atoms with Crippen molar-refractivity contribution in [3.63, 3.8) is 0 Å². The first-order chi connectivity index (χ1) is 10.3. The van der Waals surface area contributed by atoms with Crippen molar-refractivity contribution in [2.75, 3.05) is 13.7 Å². The van der Waals surface area contributed by atoms with E-state index in [1.165, 1.54) is 7.11 Å². The predicted molar refractivity (Wildman–Crippen MR) is 79.9 cm³/mol. The van der Waals surface area contributed by atoms with Gasteiger partial charge >= 0.3 is 5.97 Å². The Bertz CT molecular complexity index is 594. The number of ether oxygens (including phenoxy) is 1. The molecule has 5 nitrogen and oxygen atoms in total. The molecule has 2 aromatic rings. The van der Waals surface area contributed by atoms with Crippen molar-refractivity contribution >= 4 is 17.3 Å². The highest BCUT2D eigenvalue weighted by atomic mass is 32.1. The number of hydrogen-bond acceptors (Lipinski definition) is 6. The highest BCUT2D eigenvalue weighted by Gasteiger charge is 2.30. The molecule has 0 saturated carbocycles. The van der Waals surface area contributed by atoms with Gasteiger partial charge in [0.2, 0.25) is 0 Å². The van der Waals surface area contributed by atoms with Crippen LogP contribution in [0.1, 0.15) is 25.0 Å². The van der Waals surface area contributed by atoms with Crippen LogP contribution in [0.25, 0.3) is 10.6 Å². The van der Waals surface area contributed by atoms with Crippen molar-refractivity contribution in [3.8, 4) is 10.6 Å². The van der Waals surface area contributed by atoms with Crippen molar-refractivity contribution in [2.45, 2.75) is 31.8 Å². The maximum absolute atomic E-state index is 11.9. The molecule has 0 spiro atoms. The summed E-state index contributed by atoms with van der Waals surface area (Å²) in [5.41, 5.74) is 0.856. The normalized spacial score (nSPS) is 19.6. The Morgan fingerprint density at radius 1 is 1.57 bits per heavy atom. The Kier molecular flexibility index (Phi) is 4.36. The van der Waals surface area contributed by atoms with Gasteiger partial charge < -0.3 is 9.26 Å². The van der Waals surface area contributed by atoms with E-state index in [0.29, 0.717) is 6.54 Å². The zero-order valence-corrected chi connectivity index (χ0v) is 12.8. The molecule has 2 aromatic heterocycles. The number of likely N-dealkylation sites (tertiary alicyclic amines) is 1. The standard InChI is InChI=1S/C15H18N2O3S/c1-19-15(18)12-5-2-3-7-17(12)10-11-9-13(20-16-11)14-6-4-8-21-14/h4,6,8-9,12H,2-3,5,7,10H2,1H3/t12-/m1/s1. The van der Waals surface area contributed by atoms with E-state index in [-0.39, 0.29) is 12.0 Å².